The maximum atomic E-state index is 10.3. The summed E-state index contributed by atoms with van der Waals surface area (Å²) in [5.41, 5.74) is 2.58. The minimum absolute atomic E-state index is 0.256. The lowest BCUT2D eigenvalue weighted by Crippen LogP contribution is -2.29. The first-order chi connectivity index (χ1) is 12.7. The van der Waals surface area contributed by atoms with E-state index in [1.807, 2.05) is 31.2 Å². The maximum absolute atomic E-state index is 10.3. The zero-order chi connectivity index (χ0) is 18.4. The predicted molar refractivity (Wildman–Crippen MR) is 99.3 cm³/mol. The van der Waals surface area contributed by atoms with E-state index < -0.39 is 0 Å². The van der Waals surface area contributed by atoms with Gasteiger partial charge in [-0.25, -0.2) is 0 Å². The molecule has 2 aromatic heterocycles. The molecule has 8 heteroatoms. The lowest BCUT2D eigenvalue weighted by atomic mass is 10.2. The zero-order valence-corrected chi connectivity index (χ0v) is 15.2. The van der Waals surface area contributed by atoms with E-state index in [4.69, 9.17) is 20.9 Å². The van der Waals surface area contributed by atoms with Gasteiger partial charge in [0.2, 0.25) is 6.41 Å². The monoisotopic (exact) mass is 376 g/mol. The third kappa shape index (κ3) is 4.77. The number of ether oxygens (including phenoxy) is 1. The van der Waals surface area contributed by atoms with Crippen molar-refractivity contribution in [2.75, 3.05) is 13.1 Å². The molecule has 0 saturated carbocycles. The van der Waals surface area contributed by atoms with Crippen LogP contribution in [0.3, 0.4) is 0 Å². The van der Waals surface area contributed by atoms with Gasteiger partial charge in [0.05, 0.1) is 17.3 Å². The van der Waals surface area contributed by atoms with Crippen LogP contribution in [0, 0.1) is 6.92 Å². The van der Waals surface area contributed by atoms with Gasteiger partial charge < -0.3 is 24.9 Å². The van der Waals surface area contributed by atoms with Gasteiger partial charge in [-0.3, -0.25) is 4.79 Å². The van der Waals surface area contributed by atoms with Gasteiger partial charge in [-0.1, -0.05) is 16.8 Å². The highest BCUT2D eigenvalue weighted by molar-refractivity contribution is 6.32. The number of aromatic amines is 1. The van der Waals surface area contributed by atoms with Gasteiger partial charge in [0.15, 0.2) is 5.76 Å². The number of H-pyrrole nitrogens is 1. The van der Waals surface area contributed by atoms with Crippen molar-refractivity contribution in [1.82, 2.24) is 20.8 Å². The Morgan fingerprint density at radius 1 is 1.35 bits per heavy atom. The first-order valence-electron chi connectivity index (χ1n) is 8.39. The molecule has 0 spiro atoms. The fourth-order valence-electron chi connectivity index (χ4n) is 2.36. The normalized spacial score (nSPS) is 12.8. The van der Waals surface area contributed by atoms with E-state index in [9.17, 15) is 4.79 Å². The first-order valence-corrected chi connectivity index (χ1v) is 8.77. The third-order valence-corrected chi connectivity index (χ3v) is 4.15. The van der Waals surface area contributed by atoms with Gasteiger partial charge >= 0.3 is 0 Å². The van der Waals surface area contributed by atoms with E-state index in [-0.39, 0.29) is 6.61 Å². The predicted octanol–water partition coefficient (Wildman–Crippen LogP) is 2.92. The number of amides is 1. The molecule has 0 radical (unpaired) electrons. The van der Waals surface area contributed by atoms with Crippen LogP contribution in [-0.2, 0) is 17.9 Å². The van der Waals surface area contributed by atoms with Gasteiger partial charge in [-0.2, -0.15) is 0 Å². The van der Waals surface area contributed by atoms with Crippen LogP contribution in [0.1, 0.15) is 23.6 Å². The Labute approximate surface area is 156 Å². The Morgan fingerprint density at radius 2 is 2.12 bits per heavy atom. The quantitative estimate of drug-likeness (QED) is 0.575. The first kappa shape index (κ1) is 18.3. The molecular weight excluding hydrogens is 356 g/mol. The SMILES string of the molecule is C1CNC1.Cc1cc(COc2cc3[nH]c(CNC=O)cc3cc2Cl)on1. The molecule has 1 saturated heterocycles. The third-order valence-electron chi connectivity index (χ3n) is 3.86. The molecule has 4 rings (SSSR count). The summed E-state index contributed by atoms with van der Waals surface area (Å²) in [6, 6.07) is 7.38. The number of fused-ring (bicyclic) bond motifs is 1. The second-order valence-electron chi connectivity index (χ2n) is 5.99. The summed E-state index contributed by atoms with van der Waals surface area (Å²) >= 11 is 6.23. The van der Waals surface area contributed by atoms with Crippen molar-refractivity contribution >= 4 is 28.9 Å². The Morgan fingerprint density at radius 3 is 2.73 bits per heavy atom. The molecule has 3 N–H and O–H groups in total. The highest BCUT2D eigenvalue weighted by Crippen LogP contribution is 2.31. The molecule has 1 aliphatic rings. The number of nitrogens with zero attached hydrogens (tertiary/aromatic N) is 1. The largest absolute Gasteiger partial charge is 0.484 e. The highest BCUT2D eigenvalue weighted by atomic mass is 35.5. The summed E-state index contributed by atoms with van der Waals surface area (Å²) in [7, 11) is 0. The molecule has 0 aliphatic carbocycles. The molecular formula is C18H21ClN4O3. The topological polar surface area (TPSA) is 92.2 Å². The van der Waals surface area contributed by atoms with Crippen LogP contribution < -0.4 is 15.4 Å². The Hall–Kier alpha value is -2.51. The summed E-state index contributed by atoms with van der Waals surface area (Å²) in [5, 5.41) is 11.0. The van der Waals surface area contributed by atoms with Crippen molar-refractivity contribution in [3.63, 3.8) is 0 Å². The van der Waals surface area contributed by atoms with Crippen LogP contribution in [0.25, 0.3) is 10.9 Å². The summed E-state index contributed by atoms with van der Waals surface area (Å²) in [5.74, 6) is 1.19. The molecule has 3 aromatic rings. The fraction of sp³-hybridized carbons (Fsp3) is 0.333. The van der Waals surface area contributed by atoms with Crippen LogP contribution >= 0.6 is 11.6 Å². The van der Waals surface area contributed by atoms with Crippen molar-refractivity contribution in [2.24, 2.45) is 0 Å². The summed E-state index contributed by atoms with van der Waals surface area (Å²) in [6.45, 7) is 5.04. The number of carbonyl (C=O) groups excluding carboxylic acids is 1. The second kappa shape index (κ2) is 8.73. The number of aromatic nitrogens is 2. The molecule has 0 atom stereocenters. The molecule has 1 amide bonds. The Balaban J connectivity index is 0.000000433. The van der Waals surface area contributed by atoms with Crippen LogP contribution in [0.5, 0.6) is 5.75 Å². The van der Waals surface area contributed by atoms with Gasteiger partial charge in [0.25, 0.3) is 0 Å². The molecule has 1 aromatic carbocycles. The van der Waals surface area contributed by atoms with E-state index >= 15 is 0 Å². The standard InChI is InChI=1S/C15H14ClN3O3.C3H7N/c1-9-2-12(22-19-9)7-21-15-5-14-10(4-13(15)16)3-11(18-14)6-17-8-20;1-2-4-3-1/h2-5,8,18H,6-7H2,1H3,(H,17,20);4H,1-3H2. The average Bonchev–Trinajstić information content (AvgIpc) is 3.14. The zero-order valence-electron chi connectivity index (χ0n) is 14.5. The number of hydrogen-bond donors (Lipinski definition) is 3. The van der Waals surface area contributed by atoms with E-state index in [0.29, 0.717) is 29.5 Å². The van der Waals surface area contributed by atoms with Gasteiger partial charge in [0, 0.05) is 28.7 Å². The fourth-order valence-corrected chi connectivity index (χ4v) is 2.59. The lowest BCUT2D eigenvalue weighted by molar-refractivity contribution is -0.109. The number of hydrogen-bond acceptors (Lipinski definition) is 5. The molecule has 0 bridgehead atoms. The number of nitrogens with one attached hydrogen (secondary N) is 3. The number of rotatable bonds is 6. The molecule has 0 unspecified atom stereocenters. The van der Waals surface area contributed by atoms with Crippen LogP contribution in [0.4, 0.5) is 0 Å². The van der Waals surface area contributed by atoms with E-state index in [1.165, 1.54) is 19.5 Å². The van der Waals surface area contributed by atoms with Crippen molar-refractivity contribution in [2.45, 2.75) is 26.5 Å². The second-order valence-corrected chi connectivity index (χ2v) is 6.40. The van der Waals surface area contributed by atoms with Gasteiger partial charge in [0.1, 0.15) is 12.4 Å². The molecule has 1 fully saturated rings. The molecule has 7 nitrogen and oxygen atoms in total. The van der Waals surface area contributed by atoms with Crippen molar-refractivity contribution in [3.8, 4) is 5.75 Å². The highest BCUT2D eigenvalue weighted by Gasteiger charge is 2.09. The summed E-state index contributed by atoms with van der Waals surface area (Å²) in [6.07, 6.45) is 2.05. The smallest absolute Gasteiger partial charge is 0.207 e. The van der Waals surface area contributed by atoms with Crippen molar-refractivity contribution in [3.05, 3.63) is 46.4 Å². The maximum Gasteiger partial charge on any atom is 0.207 e. The number of carbonyl (C=O) groups is 1. The number of benzene rings is 1. The minimum atomic E-state index is 0.256. The lowest BCUT2D eigenvalue weighted by Gasteiger charge is -2.09. The Kier molecular flexibility index (Phi) is 6.14. The number of aryl methyl sites for hydroxylation is 1. The van der Waals surface area contributed by atoms with E-state index in [2.05, 4.69) is 20.8 Å². The van der Waals surface area contributed by atoms with Crippen LogP contribution in [0.2, 0.25) is 5.02 Å². The van der Waals surface area contributed by atoms with Crippen LogP contribution in [-0.4, -0.2) is 29.6 Å². The number of halogens is 1. The minimum Gasteiger partial charge on any atom is -0.484 e. The Bertz CT molecular complexity index is 867. The van der Waals surface area contributed by atoms with Gasteiger partial charge in [-0.05, 0) is 38.6 Å². The molecule has 26 heavy (non-hydrogen) atoms. The summed E-state index contributed by atoms with van der Waals surface area (Å²) in [4.78, 5) is 13.5. The summed E-state index contributed by atoms with van der Waals surface area (Å²) < 4.78 is 10.8. The van der Waals surface area contributed by atoms with Crippen molar-refractivity contribution in [1.29, 1.82) is 0 Å². The van der Waals surface area contributed by atoms with Crippen molar-refractivity contribution < 1.29 is 14.1 Å². The molecule has 138 valence electrons. The van der Waals surface area contributed by atoms with E-state index in [0.717, 1.165) is 22.3 Å². The average molecular weight is 377 g/mol. The van der Waals surface area contributed by atoms with E-state index in [1.54, 1.807) is 0 Å². The molecule has 1 aliphatic heterocycles. The van der Waals surface area contributed by atoms with Gasteiger partial charge in [-0.15, -0.1) is 0 Å². The van der Waals surface area contributed by atoms with Crippen LogP contribution in [0.15, 0.2) is 28.8 Å². The molecule has 3 heterocycles.